The van der Waals surface area contributed by atoms with Gasteiger partial charge in [0.05, 0.1) is 0 Å². The summed E-state index contributed by atoms with van der Waals surface area (Å²) < 4.78 is 13.5. The largest absolute Gasteiger partial charge is 0.327 e. The normalized spacial score (nSPS) is 27.4. The standard InChI is InChI=1S/C12H16FN/c1-7-6-10-9(12(7)8(2)14)4-3-5-11(10)13/h3-5,7-8,12H,6,14H2,1-2H3. The summed E-state index contributed by atoms with van der Waals surface area (Å²) in [5.41, 5.74) is 7.93. The van der Waals surface area contributed by atoms with Gasteiger partial charge in [-0.2, -0.15) is 0 Å². The molecule has 14 heavy (non-hydrogen) atoms. The molecule has 1 nitrogen and oxygen atoms in total. The van der Waals surface area contributed by atoms with Gasteiger partial charge in [0.25, 0.3) is 0 Å². The lowest BCUT2D eigenvalue weighted by Gasteiger charge is -2.20. The van der Waals surface area contributed by atoms with Gasteiger partial charge in [0.2, 0.25) is 0 Å². The molecule has 1 aliphatic rings. The van der Waals surface area contributed by atoms with Crippen molar-refractivity contribution >= 4 is 0 Å². The Balaban J connectivity index is 2.47. The van der Waals surface area contributed by atoms with Gasteiger partial charge in [-0.3, -0.25) is 0 Å². The summed E-state index contributed by atoms with van der Waals surface area (Å²) in [5.74, 6) is 0.708. The molecule has 0 saturated heterocycles. The molecule has 2 rings (SSSR count). The fourth-order valence-corrected chi connectivity index (χ4v) is 2.66. The Labute approximate surface area is 84.1 Å². The van der Waals surface area contributed by atoms with E-state index in [1.165, 1.54) is 6.07 Å². The minimum Gasteiger partial charge on any atom is -0.327 e. The molecule has 0 spiro atoms. The molecule has 1 aromatic rings. The first-order chi connectivity index (χ1) is 6.61. The van der Waals surface area contributed by atoms with Gasteiger partial charge >= 0.3 is 0 Å². The van der Waals surface area contributed by atoms with Gasteiger partial charge in [-0.25, -0.2) is 4.39 Å². The first kappa shape index (κ1) is 9.66. The van der Waals surface area contributed by atoms with Crippen LogP contribution in [0.15, 0.2) is 18.2 Å². The van der Waals surface area contributed by atoms with Gasteiger partial charge in [-0.15, -0.1) is 0 Å². The lowest BCUT2D eigenvalue weighted by atomic mass is 9.88. The van der Waals surface area contributed by atoms with E-state index in [4.69, 9.17) is 5.73 Å². The van der Waals surface area contributed by atoms with Gasteiger partial charge in [-0.1, -0.05) is 19.1 Å². The van der Waals surface area contributed by atoms with Gasteiger partial charge in [0.15, 0.2) is 0 Å². The Kier molecular flexibility index (Phi) is 2.31. The number of fused-ring (bicyclic) bond motifs is 1. The number of rotatable bonds is 1. The highest BCUT2D eigenvalue weighted by atomic mass is 19.1. The molecule has 0 aromatic heterocycles. The van der Waals surface area contributed by atoms with Crippen molar-refractivity contribution in [2.24, 2.45) is 11.7 Å². The Morgan fingerprint density at radius 1 is 1.50 bits per heavy atom. The molecule has 76 valence electrons. The summed E-state index contributed by atoms with van der Waals surface area (Å²) in [4.78, 5) is 0. The topological polar surface area (TPSA) is 26.0 Å². The third-order valence-corrected chi connectivity index (χ3v) is 3.22. The fourth-order valence-electron chi connectivity index (χ4n) is 2.66. The molecule has 0 bridgehead atoms. The zero-order valence-electron chi connectivity index (χ0n) is 8.63. The molecule has 3 atom stereocenters. The Hall–Kier alpha value is -0.890. The van der Waals surface area contributed by atoms with Crippen LogP contribution in [-0.4, -0.2) is 6.04 Å². The van der Waals surface area contributed by atoms with Crippen LogP contribution >= 0.6 is 0 Å². The van der Waals surface area contributed by atoms with E-state index in [0.29, 0.717) is 11.8 Å². The number of benzene rings is 1. The highest BCUT2D eigenvalue weighted by Gasteiger charge is 2.33. The highest BCUT2D eigenvalue weighted by Crippen LogP contribution is 2.40. The van der Waals surface area contributed by atoms with Gasteiger partial charge < -0.3 is 5.73 Å². The highest BCUT2D eigenvalue weighted by molar-refractivity contribution is 5.38. The number of hydrogen-bond acceptors (Lipinski definition) is 1. The number of halogens is 1. The SMILES string of the molecule is CC(N)C1c2cccc(F)c2CC1C. The first-order valence-corrected chi connectivity index (χ1v) is 5.14. The second kappa shape index (κ2) is 3.35. The Morgan fingerprint density at radius 2 is 2.21 bits per heavy atom. The maximum absolute atomic E-state index is 13.5. The summed E-state index contributed by atoms with van der Waals surface area (Å²) >= 11 is 0. The van der Waals surface area contributed by atoms with E-state index in [9.17, 15) is 4.39 Å². The van der Waals surface area contributed by atoms with Crippen molar-refractivity contribution in [2.75, 3.05) is 0 Å². The summed E-state index contributed by atoms with van der Waals surface area (Å²) in [6, 6.07) is 5.43. The van der Waals surface area contributed by atoms with E-state index >= 15 is 0 Å². The summed E-state index contributed by atoms with van der Waals surface area (Å²) in [7, 11) is 0. The molecule has 0 saturated carbocycles. The van der Waals surface area contributed by atoms with Crippen molar-refractivity contribution in [3.8, 4) is 0 Å². The lowest BCUT2D eigenvalue weighted by molar-refractivity contribution is 0.438. The van der Waals surface area contributed by atoms with Crippen molar-refractivity contribution in [1.82, 2.24) is 0 Å². The molecule has 2 N–H and O–H groups in total. The third-order valence-electron chi connectivity index (χ3n) is 3.22. The molecule has 0 amide bonds. The van der Waals surface area contributed by atoms with Crippen LogP contribution in [0.2, 0.25) is 0 Å². The smallest absolute Gasteiger partial charge is 0.126 e. The Bertz CT molecular complexity index is 346. The molecule has 0 fully saturated rings. The molecule has 0 aliphatic heterocycles. The van der Waals surface area contributed by atoms with E-state index in [-0.39, 0.29) is 11.9 Å². The van der Waals surface area contributed by atoms with Crippen LogP contribution in [-0.2, 0) is 6.42 Å². The van der Waals surface area contributed by atoms with Gasteiger partial charge in [0.1, 0.15) is 5.82 Å². The second-order valence-electron chi connectivity index (χ2n) is 4.37. The van der Waals surface area contributed by atoms with Crippen molar-refractivity contribution < 1.29 is 4.39 Å². The fraction of sp³-hybridized carbons (Fsp3) is 0.500. The third kappa shape index (κ3) is 1.34. The van der Waals surface area contributed by atoms with Crippen molar-refractivity contribution in [2.45, 2.75) is 32.2 Å². The summed E-state index contributed by atoms with van der Waals surface area (Å²) in [5, 5.41) is 0. The van der Waals surface area contributed by atoms with Crippen molar-refractivity contribution in [1.29, 1.82) is 0 Å². The Morgan fingerprint density at radius 3 is 2.86 bits per heavy atom. The zero-order valence-corrected chi connectivity index (χ0v) is 8.63. The second-order valence-corrected chi connectivity index (χ2v) is 4.37. The van der Waals surface area contributed by atoms with Crippen LogP contribution in [0.1, 0.15) is 30.9 Å². The lowest BCUT2D eigenvalue weighted by Crippen LogP contribution is -2.26. The zero-order chi connectivity index (χ0) is 10.3. The average molecular weight is 193 g/mol. The summed E-state index contributed by atoms with van der Waals surface area (Å²) in [6.07, 6.45) is 0.828. The van der Waals surface area contributed by atoms with Crippen molar-refractivity contribution in [3.05, 3.63) is 35.1 Å². The van der Waals surface area contributed by atoms with Gasteiger partial charge in [-0.05, 0) is 36.5 Å². The molecular formula is C12H16FN. The van der Waals surface area contributed by atoms with Crippen molar-refractivity contribution in [3.63, 3.8) is 0 Å². The molecule has 0 heterocycles. The van der Waals surface area contributed by atoms with E-state index in [0.717, 1.165) is 17.5 Å². The number of hydrogen-bond donors (Lipinski definition) is 1. The molecule has 0 radical (unpaired) electrons. The minimum atomic E-state index is -0.0718. The molecule has 2 heteroatoms. The van der Waals surface area contributed by atoms with Crippen LogP contribution in [0, 0.1) is 11.7 Å². The predicted octanol–water partition coefficient (Wildman–Crippen LogP) is 2.45. The minimum absolute atomic E-state index is 0.0718. The summed E-state index contributed by atoms with van der Waals surface area (Å²) in [6.45, 7) is 4.15. The molecule has 1 aliphatic carbocycles. The van der Waals surface area contributed by atoms with E-state index in [1.54, 1.807) is 6.07 Å². The quantitative estimate of drug-likeness (QED) is 0.728. The van der Waals surface area contributed by atoms with Crippen LogP contribution < -0.4 is 5.73 Å². The molecule has 3 unspecified atom stereocenters. The van der Waals surface area contributed by atoms with Crippen LogP contribution in [0.25, 0.3) is 0 Å². The van der Waals surface area contributed by atoms with Crippen LogP contribution in [0.3, 0.4) is 0 Å². The maximum Gasteiger partial charge on any atom is 0.126 e. The number of nitrogens with two attached hydrogens (primary N) is 1. The van der Waals surface area contributed by atoms with E-state index in [1.807, 2.05) is 13.0 Å². The molecular weight excluding hydrogens is 177 g/mol. The van der Waals surface area contributed by atoms with Gasteiger partial charge in [0, 0.05) is 12.0 Å². The monoisotopic (exact) mass is 193 g/mol. The maximum atomic E-state index is 13.5. The predicted molar refractivity (Wildman–Crippen MR) is 55.7 cm³/mol. The van der Waals surface area contributed by atoms with E-state index < -0.39 is 0 Å². The average Bonchev–Trinajstić information content (AvgIpc) is 2.42. The van der Waals surface area contributed by atoms with Crippen LogP contribution in [0.4, 0.5) is 4.39 Å². The molecule has 1 aromatic carbocycles. The van der Waals surface area contributed by atoms with E-state index in [2.05, 4.69) is 6.92 Å². The van der Waals surface area contributed by atoms with Crippen LogP contribution in [0.5, 0.6) is 0 Å². The first-order valence-electron chi connectivity index (χ1n) is 5.14.